The minimum atomic E-state index is -4.75. The number of rotatable bonds is 14. The molecule has 93 heavy (non-hydrogen) atoms. The second-order valence-corrected chi connectivity index (χ2v) is 22.0. The number of pyridine rings is 7. The smallest absolute Gasteiger partial charge is 0.383 e. The Balaban J connectivity index is 0.000000733. The van der Waals surface area contributed by atoms with Crippen molar-refractivity contribution >= 4 is 75.5 Å². The molecule has 494 valence electrons. The molecule has 0 radical (unpaired) electrons. The molecule has 12 rings (SSSR count). The number of nitrogens with zero attached hydrogens (tertiary/aromatic N) is 10. The molecule has 19 nitrogen and oxygen atoms in total. The Bertz CT molecular complexity index is 4270. The number of aromatic nitrogens is 7. The van der Waals surface area contributed by atoms with Gasteiger partial charge in [-0.3, -0.25) is 19.4 Å². The first kappa shape index (κ1) is 65.5. The monoisotopic (exact) mass is 1300 g/mol. The molecule has 0 aliphatic carbocycles. The summed E-state index contributed by atoms with van der Waals surface area (Å²) in [6.07, 6.45) is 3.13. The van der Waals surface area contributed by atoms with Gasteiger partial charge in [0.15, 0.2) is 0 Å². The Morgan fingerprint density at radius 1 is 0.505 bits per heavy atom. The van der Waals surface area contributed by atoms with Crippen LogP contribution < -0.4 is 47.9 Å². The quantitative estimate of drug-likeness (QED) is 0.0436. The van der Waals surface area contributed by atoms with Crippen LogP contribution in [0.15, 0.2) is 178 Å². The lowest BCUT2D eigenvalue weighted by molar-refractivity contribution is -0.138. The normalized spacial score (nSPS) is 16.4. The highest BCUT2D eigenvalue weighted by Gasteiger charge is 2.38. The highest BCUT2D eigenvalue weighted by molar-refractivity contribution is 6.30. The maximum Gasteiger partial charge on any atom is 0.418 e. The standard InChI is InChI=1S/C23H21F2N5O.C22H19ClF3N5O.C22H21FN6O.9H2/c1-14(24)17-8-9-20(29-21(17)22(31)18-3-2-10-28-23(18)26)30-12-11-27-19(13-30)15-4-6-16(25)7-5-15;23-14-4-1-3-13(11-14)17-12-31(10-9-28-17)18-7-6-16(22(24,25)26)19(30-18)20(32)15-5-2-8-29-21(15)27;1-14(23)16-6-7-19(28-20(16)21(30)17-5-3-9-27-22(17)24)29-11-10-26-18(13-29)15-4-2-8-25-12-15;;;;;;;;;/h2-10,19,27H,1,11-13H2,(H2,26,28);1-8,11,17,28H,9-10,12H2,(H2,27,29);2-9,12,18,26H,1,10-11,13H2,(H2,24,27);9*1H. The van der Waals surface area contributed by atoms with Crippen molar-refractivity contribution in [1.82, 2.24) is 50.8 Å². The van der Waals surface area contributed by atoms with E-state index in [9.17, 15) is 40.7 Å². The summed E-state index contributed by atoms with van der Waals surface area (Å²) in [5, 5.41) is 10.8. The molecule has 3 fully saturated rings. The zero-order valence-corrected chi connectivity index (χ0v) is 50.4. The topological polar surface area (TPSA) is 265 Å². The van der Waals surface area contributed by atoms with Gasteiger partial charge in [0.1, 0.15) is 69.5 Å². The molecule has 0 amide bonds. The van der Waals surface area contributed by atoms with Crippen LogP contribution in [-0.2, 0) is 6.18 Å². The van der Waals surface area contributed by atoms with Crippen LogP contribution in [0.4, 0.5) is 61.2 Å². The fourth-order valence-electron chi connectivity index (χ4n) is 10.8. The first-order chi connectivity index (χ1) is 44.7. The molecule has 3 aliphatic heterocycles. The van der Waals surface area contributed by atoms with Crippen molar-refractivity contribution in [3.8, 4) is 0 Å². The molecule has 2 aromatic carbocycles. The number of nitrogens with two attached hydrogens (primary N) is 3. The molecule has 7 aromatic heterocycles. The molecule has 9 N–H and O–H groups in total. The van der Waals surface area contributed by atoms with Crippen LogP contribution in [0.25, 0.3) is 11.7 Å². The average Bonchev–Trinajstić information content (AvgIpc) is 0.791. The van der Waals surface area contributed by atoms with E-state index in [0.29, 0.717) is 69.0 Å². The Labute approximate surface area is 548 Å². The summed E-state index contributed by atoms with van der Waals surface area (Å²) in [7, 11) is 0. The lowest BCUT2D eigenvalue weighted by Gasteiger charge is -2.35. The summed E-state index contributed by atoms with van der Waals surface area (Å²) in [5.41, 5.74) is 18.7. The summed E-state index contributed by atoms with van der Waals surface area (Å²) in [4.78, 5) is 74.0. The molecule has 3 unspecified atom stereocenters. The number of nitrogens with one attached hydrogen (secondary N) is 3. The van der Waals surface area contributed by atoms with E-state index in [4.69, 9.17) is 28.8 Å². The van der Waals surface area contributed by atoms with E-state index in [1.165, 1.54) is 67.1 Å². The molecule has 3 atom stereocenters. The van der Waals surface area contributed by atoms with Gasteiger partial charge in [0.05, 0.1) is 28.3 Å². The van der Waals surface area contributed by atoms with Gasteiger partial charge in [-0.05, 0) is 120 Å². The second kappa shape index (κ2) is 29.2. The van der Waals surface area contributed by atoms with Gasteiger partial charge in [-0.15, -0.1) is 0 Å². The van der Waals surface area contributed by atoms with Crippen molar-refractivity contribution in [2.45, 2.75) is 24.3 Å². The lowest BCUT2D eigenvalue weighted by Crippen LogP contribution is -2.46. The number of benzene rings is 2. The van der Waals surface area contributed by atoms with E-state index < -0.39 is 46.4 Å². The molecule has 0 spiro atoms. The number of nitrogen functional groups attached to an aromatic ring is 3. The molecule has 0 saturated carbocycles. The summed E-state index contributed by atoms with van der Waals surface area (Å²) < 4.78 is 82.3. The fourth-order valence-corrected chi connectivity index (χ4v) is 11.0. The average molecular weight is 1310 g/mol. The number of hydrogen-bond donors (Lipinski definition) is 6. The van der Waals surface area contributed by atoms with Crippen molar-refractivity contribution in [2.75, 3.05) is 90.8 Å². The predicted octanol–water partition coefficient (Wildman–Crippen LogP) is 12.6. The third-order valence-electron chi connectivity index (χ3n) is 15.5. The number of hydrogen-bond acceptors (Lipinski definition) is 19. The number of carbonyl (C=O) groups excluding carboxylic acids is 3. The Morgan fingerprint density at radius 3 is 1.33 bits per heavy atom. The number of piperazine rings is 3. The molecule has 3 aliphatic rings. The first-order valence-corrected chi connectivity index (χ1v) is 29.5. The molecular formula is C67H79ClF6N16O3. The molecule has 9 aromatic rings. The second-order valence-electron chi connectivity index (χ2n) is 21.6. The minimum Gasteiger partial charge on any atom is -0.383 e. The van der Waals surface area contributed by atoms with Crippen LogP contribution >= 0.6 is 11.6 Å². The van der Waals surface area contributed by atoms with Crippen LogP contribution in [0.3, 0.4) is 0 Å². The zero-order chi connectivity index (χ0) is 65.9. The van der Waals surface area contributed by atoms with Gasteiger partial charge in [-0.2, -0.15) is 13.2 Å². The Morgan fingerprint density at radius 2 is 0.914 bits per heavy atom. The van der Waals surface area contributed by atoms with Gasteiger partial charge in [0.25, 0.3) is 0 Å². The van der Waals surface area contributed by atoms with E-state index in [2.05, 4.69) is 68.9 Å². The Hall–Kier alpha value is -10.5. The van der Waals surface area contributed by atoms with Crippen molar-refractivity contribution in [3.05, 3.63) is 256 Å². The predicted molar refractivity (Wildman–Crippen MR) is 364 cm³/mol. The number of ketones is 3. The highest BCUT2D eigenvalue weighted by atomic mass is 35.5. The fraction of sp³-hybridized carbons (Fsp3) is 0.194. The third kappa shape index (κ3) is 15.6. The molecule has 0 bridgehead atoms. The minimum absolute atomic E-state index is 0. The number of carbonyl (C=O) groups is 3. The Kier molecular flexibility index (Phi) is 20.6. The zero-order valence-electron chi connectivity index (χ0n) is 49.7. The number of halogens is 7. The third-order valence-corrected chi connectivity index (χ3v) is 15.8. The maximum atomic E-state index is 14.1. The van der Waals surface area contributed by atoms with Gasteiger partial charge < -0.3 is 47.9 Å². The van der Waals surface area contributed by atoms with Crippen molar-refractivity contribution in [1.29, 1.82) is 0 Å². The van der Waals surface area contributed by atoms with Crippen molar-refractivity contribution < 1.29 is 53.6 Å². The van der Waals surface area contributed by atoms with Gasteiger partial charge in [-0.1, -0.05) is 55.1 Å². The summed E-state index contributed by atoms with van der Waals surface area (Å²) in [6, 6.07) is 35.1. The van der Waals surface area contributed by atoms with E-state index in [-0.39, 0.29) is 99.3 Å². The lowest BCUT2D eigenvalue weighted by atomic mass is 10.0. The van der Waals surface area contributed by atoms with Gasteiger partial charge in [-0.25, -0.2) is 43.1 Å². The van der Waals surface area contributed by atoms with E-state index >= 15 is 0 Å². The van der Waals surface area contributed by atoms with Crippen LogP contribution in [-0.4, -0.2) is 111 Å². The first-order valence-electron chi connectivity index (χ1n) is 29.1. The van der Waals surface area contributed by atoms with Crippen LogP contribution in [0, 0.1) is 5.82 Å². The summed E-state index contributed by atoms with van der Waals surface area (Å²) in [5.74, 6) is -2.35. The molecule has 3 saturated heterocycles. The van der Waals surface area contributed by atoms with Crippen LogP contribution in [0.1, 0.15) is 113 Å². The highest BCUT2D eigenvalue weighted by Crippen LogP contribution is 2.36. The van der Waals surface area contributed by atoms with Gasteiger partial charge >= 0.3 is 6.18 Å². The maximum absolute atomic E-state index is 14.1. The van der Waals surface area contributed by atoms with Crippen molar-refractivity contribution in [3.63, 3.8) is 0 Å². The van der Waals surface area contributed by atoms with Gasteiger partial charge in [0.2, 0.25) is 17.3 Å². The molecular weight excluding hydrogens is 1230 g/mol. The van der Waals surface area contributed by atoms with Gasteiger partial charge in [0, 0.05) is 131 Å². The summed E-state index contributed by atoms with van der Waals surface area (Å²) in [6.45, 7) is 12.1. The van der Waals surface area contributed by atoms with E-state index in [0.717, 1.165) is 29.3 Å². The number of anilines is 6. The van der Waals surface area contributed by atoms with Crippen LogP contribution in [0.5, 0.6) is 0 Å². The SMILES string of the molecule is C=C(F)c1ccc(N2CCNC(c3ccc(F)cc3)C2)nc1C(=O)c1cccnc1N.C=C(F)c1ccc(N2CCNC(c3cccnc3)C2)nc1C(=O)c1cccnc1N.Nc1ncccc1C(=O)c1nc(N2CCNC(c3cccc(Cl)c3)C2)ccc1C(F)(F)F.[HH].[HH].[HH].[HH].[HH].[HH].[HH].[HH].[HH]. The molecule has 10 heterocycles. The van der Waals surface area contributed by atoms with Crippen LogP contribution in [0.2, 0.25) is 5.02 Å². The summed E-state index contributed by atoms with van der Waals surface area (Å²) >= 11 is 6.09. The van der Waals surface area contributed by atoms with Crippen molar-refractivity contribution in [2.24, 2.45) is 0 Å². The molecule has 26 heteroatoms. The number of alkyl halides is 3. The largest absolute Gasteiger partial charge is 0.418 e. The van der Waals surface area contributed by atoms with E-state index in [1.807, 2.05) is 46.3 Å². The van der Waals surface area contributed by atoms with E-state index in [1.54, 1.807) is 54.7 Å².